The SMILES string of the molecule is CCCCCCCCCCCCCCCCCCCCCCCCCCCCCCCC(=O)NC(COC1OC(CO)C(OC2OC(CO)C(OC3OC(CO)C(O)C(O)C3O)C(O)C2O)C(O)C1O)C(O)CCCCCCCCCCCCCCCCCCCC. The molecule has 0 radical (unpaired) electrons. The van der Waals surface area contributed by atoms with Crippen molar-refractivity contribution in [3.05, 3.63) is 0 Å². The lowest BCUT2D eigenvalue weighted by Crippen LogP contribution is -2.66. The van der Waals surface area contributed by atoms with Crippen molar-refractivity contribution in [2.75, 3.05) is 26.4 Å². The highest BCUT2D eigenvalue weighted by atomic mass is 16.8. The van der Waals surface area contributed by atoms with Crippen molar-refractivity contribution in [2.45, 2.75) is 433 Å². The number of ether oxygens (including phenoxy) is 6. The smallest absolute Gasteiger partial charge is 0.220 e. The van der Waals surface area contributed by atoms with Crippen molar-refractivity contribution in [1.29, 1.82) is 0 Å². The molecule has 0 saturated carbocycles. The molecule has 3 aliphatic heterocycles. The van der Waals surface area contributed by atoms with Gasteiger partial charge in [-0.3, -0.25) is 4.79 Å². The fraction of sp³-hybridized carbons (Fsp3) is 0.986. The summed E-state index contributed by atoms with van der Waals surface area (Å²) in [5, 5.41) is 121. The zero-order valence-corrected chi connectivity index (χ0v) is 58.1. The predicted octanol–water partition coefficient (Wildman–Crippen LogP) is 11.5. The highest BCUT2D eigenvalue weighted by Crippen LogP contribution is 2.33. The summed E-state index contributed by atoms with van der Waals surface area (Å²) in [5.41, 5.74) is 0. The van der Waals surface area contributed by atoms with Crippen LogP contribution in [0.15, 0.2) is 0 Å². The van der Waals surface area contributed by atoms with Crippen molar-refractivity contribution in [2.24, 2.45) is 0 Å². The number of aliphatic hydroxyl groups excluding tert-OH is 11. The maximum atomic E-state index is 13.5. The number of unbranched alkanes of at least 4 members (excludes halogenated alkanes) is 45. The third-order valence-electron chi connectivity index (χ3n) is 19.7. The summed E-state index contributed by atoms with van der Waals surface area (Å²) in [6, 6.07) is -0.882. The minimum Gasteiger partial charge on any atom is -0.394 e. The van der Waals surface area contributed by atoms with E-state index in [0.29, 0.717) is 12.8 Å². The lowest BCUT2D eigenvalue weighted by molar-refractivity contribution is -0.379. The lowest BCUT2D eigenvalue weighted by atomic mass is 9.96. The van der Waals surface area contributed by atoms with Crippen LogP contribution in [-0.4, -0.2) is 193 Å². The Morgan fingerprint density at radius 3 is 0.946 bits per heavy atom. The first-order valence-corrected chi connectivity index (χ1v) is 38.3. The van der Waals surface area contributed by atoms with Crippen molar-refractivity contribution >= 4 is 5.91 Å². The van der Waals surface area contributed by atoms with Gasteiger partial charge in [-0.05, 0) is 12.8 Å². The first kappa shape index (κ1) is 85.0. The van der Waals surface area contributed by atoms with E-state index in [2.05, 4.69) is 19.2 Å². The van der Waals surface area contributed by atoms with Gasteiger partial charge in [-0.15, -0.1) is 0 Å². The van der Waals surface area contributed by atoms with Crippen LogP contribution in [0.3, 0.4) is 0 Å². The second-order valence-corrected chi connectivity index (χ2v) is 27.8. The number of hydrogen-bond acceptors (Lipinski definition) is 18. The Balaban J connectivity index is 1.37. The molecule has 92 heavy (non-hydrogen) atoms. The van der Waals surface area contributed by atoms with E-state index in [1.54, 1.807) is 0 Å². The second kappa shape index (κ2) is 55.6. The van der Waals surface area contributed by atoms with E-state index in [-0.39, 0.29) is 18.9 Å². The topological polar surface area (TPSA) is 307 Å². The van der Waals surface area contributed by atoms with Gasteiger partial charge < -0.3 is 89.9 Å². The van der Waals surface area contributed by atoms with Gasteiger partial charge in [0.25, 0.3) is 0 Å². The number of carbonyl (C=O) groups excluding carboxylic acids is 1. The number of rotatable bonds is 61. The van der Waals surface area contributed by atoms with E-state index in [4.69, 9.17) is 28.4 Å². The van der Waals surface area contributed by atoms with Gasteiger partial charge in [-0.25, -0.2) is 0 Å². The van der Waals surface area contributed by atoms with Crippen LogP contribution in [0.1, 0.15) is 328 Å². The Bertz CT molecular complexity index is 1670. The molecule has 17 atom stereocenters. The molecule has 3 heterocycles. The van der Waals surface area contributed by atoms with Gasteiger partial charge in [0, 0.05) is 6.42 Å². The quantitative estimate of drug-likeness (QED) is 0.0252. The number of aliphatic hydroxyl groups is 11. The van der Waals surface area contributed by atoms with Crippen LogP contribution in [0.5, 0.6) is 0 Å². The van der Waals surface area contributed by atoms with Gasteiger partial charge in [-0.2, -0.15) is 0 Å². The molecule has 19 nitrogen and oxygen atoms in total. The number of carbonyl (C=O) groups is 1. The minimum absolute atomic E-state index is 0.234. The zero-order chi connectivity index (χ0) is 66.8. The molecule has 3 saturated heterocycles. The van der Waals surface area contributed by atoms with Gasteiger partial charge in [-0.1, -0.05) is 309 Å². The Morgan fingerprint density at radius 1 is 0.348 bits per heavy atom. The van der Waals surface area contributed by atoms with Crippen LogP contribution in [0.25, 0.3) is 0 Å². The standard InChI is InChI=1S/C73H141NO18/c1-3-5-7-9-11-13-15-17-19-21-23-24-25-26-27-28-29-30-31-32-33-35-37-39-41-43-45-47-49-51-61(79)74-56(57(78)50-48-46-44-42-40-38-36-34-22-20-18-16-14-12-10-8-6-4-2)55-87-71-67(85)64(82)69(59(53-76)89-71)92-73-68(86)65(83)70(60(54-77)90-73)91-72-66(84)63(81)62(80)58(52-75)88-72/h56-60,62-73,75-78,80-86H,3-55H2,1-2H3,(H,74,79). The third kappa shape index (κ3) is 36.6. The van der Waals surface area contributed by atoms with Crippen LogP contribution in [0.4, 0.5) is 0 Å². The van der Waals surface area contributed by atoms with Gasteiger partial charge in [0.05, 0.1) is 38.6 Å². The Morgan fingerprint density at radius 2 is 0.620 bits per heavy atom. The van der Waals surface area contributed by atoms with Crippen molar-refractivity contribution < 1.29 is 89.4 Å². The molecule has 3 aliphatic rings. The fourth-order valence-corrected chi connectivity index (χ4v) is 13.5. The zero-order valence-electron chi connectivity index (χ0n) is 58.1. The van der Waals surface area contributed by atoms with Crippen LogP contribution in [0.2, 0.25) is 0 Å². The third-order valence-corrected chi connectivity index (χ3v) is 19.7. The summed E-state index contributed by atoms with van der Waals surface area (Å²) in [5.74, 6) is -0.234. The molecule has 0 bridgehead atoms. The van der Waals surface area contributed by atoms with Crippen LogP contribution in [-0.2, 0) is 33.2 Å². The summed E-state index contributed by atoms with van der Waals surface area (Å²) < 4.78 is 34.5. The molecule has 546 valence electrons. The maximum absolute atomic E-state index is 13.5. The Labute approximate surface area is 557 Å². The molecule has 17 unspecified atom stereocenters. The molecule has 12 N–H and O–H groups in total. The predicted molar refractivity (Wildman–Crippen MR) is 361 cm³/mol. The van der Waals surface area contributed by atoms with E-state index in [9.17, 15) is 61.0 Å². The van der Waals surface area contributed by atoms with Gasteiger partial charge in [0.2, 0.25) is 5.91 Å². The average Bonchev–Trinajstić information content (AvgIpc) is 0.834. The van der Waals surface area contributed by atoms with E-state index < -0.39 is 124 Å². The van der Waals surface area contributed by atoms with Crippen molar-refractivity contribution in [1.82, 2.24) is 5.32 Å². The lowest BCUT2D eigenvalue weighted by Gasteiger charge is -2.48. The molecule has 0 aromatic rings. The normalized spacial score (nSPS) is 27.6. The Hall–Kier alpha value is -1.21. The van der Waals surface area contributed by atoms with Gasteiger partial charge in [0.15, 0.2) is 18.9 Å². The Kier molecular flexibility index (Phi) is 51.4. The largest absolute Gasteiger partial charge is 0.394 e. The van der Waals surface area contributed by atoms with E-state index in [1.165, 1.54) is 250 Å². The molecule has 19 heteroatoms. The molecule has 3 fully saturated rings. The molecule has 0 aromatic heterocycles. The second-order valence-electron chi connectivity index (χ2n) is 27.8. The van der Waals surface area contributed by atoms with E-state index >= 15 is 0 Å². The molecular formula is C73H141NO18. The van der Waals surface area contributed by atoms with Gasteiger partial charge in [0.1, 0.15) is 73.2 Å². The first-order valence-electron chi connectivity index (χ1n) is 38.3. The first-order chi connectivity index (χ1) is 44.8. The van der Waals surface area contributed by atoms with E-state index in [0.717, 1.165) is 44.9 Å². The van der Waals surface area contributed by atoms with Crippen molar-refractivity contribution in [3.63, 3.8) is 0 Å². The summed E-state index contributed by atoms with van der Waals surface area (Å²) in [4.78, 5) is 13.5. The molecule has 1 amide bonds. The minimum atomic E-state index is -1.97. The molecule has 3 rings (SSSR count). The molecular weight excluding hydrogens is 1180 g/mol. The monoisotopic (exact) mass is 1320 g/mol. The molecule has 0 aromatic carbocycles. The number of amides is 1. The maximum Gasteiger partial charge on any atom is 0.220 e. The highest BCUT2D eigenvalue weighted by Gasteiger charge is 2.53. The van der Waals surface area contributed by atoms with Crippen molar-refractivity contribution in [3.8, 4) is 0 Å². The number of hydrogen-bond donors (Lipinski definition) is 12. The van der Waals surface area contributed by atoms with Gasteiger partial charge >= 0.3 is 0 Å². The van der Waals surface area contributed by atoms with Crippen LogP contribution >= 0.6 is 0 Å². The number of nitrogens with one attached hydrogen (secondary N) is 1. The highest BCUT2D eigenvalue weighted by molar-refractivity contribution is 5.76. The summed E-state index contributed by atoms with van der Waals surface area (Å²) >= 11 is 0. The fourth-order valence-electron chi connectivity index (χ4n) is 13.5. The summed E-state index contributed by atoms with van der Waals surface area (Å²) in [6.45, 7) is 1.86. The van der Waals surface area contributed by atoms with E-state index in [1.807, 2.05) is 0 Å². The summed E-state index contributed by atoms with van der Waals surface area (Å²) in [6.07, 6.45) is 34.8. The molecule has 0 aliphatic carbocycles. The van der Waals surface area contributed by atoms with Crippen LogP contribution in [0, 0.1) is 0 Å². The average molecular weight is 1320 g/mol. The molecule has 0 spiro atoms. The summed E-state index contributed by atoms with van der Waals surface area (Å²) in [7, 11) is 0. The van der Waals surface area contributed by atoms with Crippen LogP contribution < -0.4 is 5.32 Å².